The average Bonchev–Trinajstić information content (AvgIpc) is 2.63. The maximum atomic E-state index is 12.8. The van der Waals surface area contributed by atoms with Gasteiger partial charge in [-0.25, -0.2) is 4.79 Å². The monoisotopic (exact) mass is 396 g/mol. The summed E-state index contributed by atoms with van der Waals surface area (Å²) in [4.78, 5) is 15.2. The summed E-state index contributed by atoms with van der Waals surface area (Å²) in [5.74, 6) is 0. The Morgan fingerprint density at radius 3 is 2.54 bits per heavy atom. The Bertz CT molecular complexity index is 1060. The Morgan fingerprint density at radius 1 is 1.18 bits per heavy atom. The zero-order valence-electron chi connectivity index (χ0n) is 17.3. The van der Waals surface area contributed by atoms with Crippen molar-refractivity contribution in [3.63, 3.8) is 0 Å². The normalized spacial score (nSPS) is 19.8. The van der Waals surface area contributed by atoms with Crippen LogP contribution in [0.4, 0.5) is 5.69 Å². The van der Waals surface area contributed by atoms with Gasteiger partial charge in [-0.15, -0.1) is 0 Å². The van der Waals surface area contributed by atoms with Crippen LogP contribution in [-0.4, -0.2) is 18.1 Å². The van der Waals surface area contributed by atoms with Crippen molar-refractivity contribution in [3.8, 4) is 0 Å². The van der Waals surface area contributed by atoms with Crippen LogP contribution < -0.4 is 10.5 Å². The Hall–Kier alpha value is -2.01. The minimum absolute atomic E-state index is 0.0574. The summed E-state index contributed by atoms with van der Waals surface area (Å²) < 4.78 is 5.91. The zero-order chi connectivity index (χ0) is 20.3. The first-order valence-electron chi connectivity index (χ1n) is 9.93. The van der Waals surface area contributed by atoms with Crippen LogP contribution in [0, 0.1) is 5.41 Å². The lowest BCUT2D eigenvalue weighted by molar-refractivity contribution is 0.398. The van der Waals surface area contributed by atoms with E-state index in [0.717, 1.165) is 36.9 Å². The van der Waals surface area contributed by atoms with E-state index in [0.29, 0.717) is 11.1 Å². The fourth-order valence-corrected chi connectivity index (χ4v) is 5.05. The summed E-state index contributed by atoms with van der Waals surface area (Å²) >= 11 is 1.24. The van der Waals surface area contributed by atoms with Crippen molar-refractivity contribution in [2.75, 3.05) is 18.0 Å². The number of thioether (sulfide) groups is 1. The minimum Gasteiger partial charge on any atom is -0.422 e. The van der Waals surface area contributed by atoms with Gasteiger partial charge in [0.05, 0.1) is 5.56 Å². The van der Waals surface area contributed by atoms with Gasteiger partial charge in [-0.05, 0) is 53.7 Å². The van der Waals surface area contributed by atoms with E-state index in [1.54, 1.807) is 0 Å². The van der Waals surface area contributed by atoms with E-state index < -0.39 is 5.63 Å². The van der Waals surface area contributed by atoms with E-state index >= 15 is 0 Å². The van der Waals surface area contributed by atoms with E-state index in [9.17, 15) is 4.79 Å². The summed E-state index contributed by atoms with van der Waals surface area (Å²) in [5, 5.41) is 11.2. The molecule has 0 fully saturated rings. The second-order valence-electron chi connectivity index (χ2n) is 9.18. The first kappa shape index (κ1) is 19.3. The van der Waals surface area contributed by atoms with Gasteiger partial charge in [-0.3, -0.25) is 5.41 Å². The van der Waals surface area contributed by atoms with Crippen molar-refractivity contribution in [1.29, 1.82) is 5.41 Å². The summed E-state index contributed by atoms with van der Waals surface area (Å²) in [6.07, 6.45) is 4.02. The second-order valence-corrected chi connectivity index (χ2v) is 10.1. The molecule has 2 aromatic rings. The fourth-order valence-electron chi connectivity index (χ4n) is 4.51. The van der Waals surface area contributed by atoms with Crippen molar-refractivity contribution >= 4 is 33.5 Å². The fraction of sp³-hybridized carbons (Fsp3) is 0.478. The molecule has 0 saturated heterocycles. The molecule has 1 N–H and O–H groups in total. The standard InChI is InChI=1S/C23H28N2O2S/c1-6-11-28-20(24)15-12-14-13-16-18-17(19(14)27-21(15)26)23(4,5)8-10-25(18)9-7-22(16,2)3/h6,11-13,24H,7-10H2,1-5H3/b11-6+,24-20?. The minimum atomic E-state index is -0.423. The third-order valence-corrected chi connectivity index (χ3v) is 7.16. The van der Waals surface area contributed by atoms with Gasteiger partial charge < -0.3 is 9.32 Å². The zero-order valence-corrected chi connectivity index (χ0v) is 18.1. The Kier molecular flexibility index (Phi) is 4.49. The van der Waals surface area contributed by atoms with Gasteiger partial charge in [0.25, 0.3) is 0 Å². The molecule has 2 aliphatic rings. The van der Waals surface area contributed by atoms with Crippen molar-refractivity contribution in [3.05, 3.63) is 50.7 Å². The van der Waals surface area contributed by atoms with Crippen LogP contribution in [0.5, 0.6) is 0 Å². The summed E-state index contributed by atoms with van der Waals surface area (Å²) in [6, 6.07) is 4.05. The highest BCUT2D eigenvalue weighted by molar-refractivity contribution is 8.16. The van der Waals surface area contributed by atoms with Crippen molar-refractivity contribution < 1.29 is 4.42 Å². The topological polar surface area (TPSA) is 57.3 Å². The molecule has 0 atom stereocenters. The van der Waals surface area contributed by atoms with Crippen LogP contribution >= 0.6 is 11.8 Å². The van der Waals surface area contributed by atoms with Gasteiger partial charge >= 0.3 is 5.63 Å². The number of benzene rings is 1. The summed E-state index contributed by atoms with van der Waals surface area (Å²) in [6.45, 7) is 13.1. The van der Waals surface area contributed by atoms with Crippen LogP contribution in [0.2, 0.25) is 0 Å². The van der Waals surface area contributed by atoms with Gasteiger partial charge in [-0.1, -0.05) is 45.5 Å². The highest BCUT2D eigenvalue weighted by Gasteiger charge is 2.41. The SMILES string of the molecule is C/C=C/SC(=N)c1cc2cc3c4c(c2oc1=O)C(C)(C)CCN4CCC3(C)C. The molecule has 4 rings (SSSR count). The number of anilines is 1. The molecular weight excluding hydrogens is 368 g/mol. The number of nitrogens with one attached hydrogen (secondary N) is 1. The quantitative estimate of drug-likeness (QED) is 0.410. The van der Waals surface area contributed by atoms with E-state index in [-0.39, 0.29) is 15.9 Å². The molecule has 0 aliphatic carbocycles. The van der Waals surface area contributed by atoms with E-state index in [2.05, 4.69) is 38.7 Å². The van der Waals surface area contributed by atoms with Gasteiger partial charge in [0, 0.05) is 29.7 Å². The second kappa shape index (κ2) is 6.51. The lowest BCUT2D eigenvalue weighted by atomic mass is 9.69. The molecule has 0 unspecified atom stereocenters. The number of nitrogens with zero attached hydrogens (tertiary/aromatic N) is 1. The lowest BCUT2D eigenvalue weighted by Gasteiger charge is -2.48. The largest absolute Gasteiger partial charge is 0.422 e. The Labute approximate surface area is 170 Å². The molecular formula is C23H28N2O2S. The van der Waals surface area contributed by atoms with Crippen molar-refractivity contribution in [2.24, 2.45) is 0 Å². The van der Waals surface area contributed by atoms with Crippen LogP contribution in [0.3, 0.4) is 0 Å². The van der Waals surface area contributed by atoms with Gasteiger partial charge in [0.2, 0.25) is 0 Å². The van der Waals surface area contributed by atoms with Crippen molar-refractivity contribution in [2.45, 2.75) is 58.3 Å². The predicted octanol–water partition coefficient (Wildman–Crippen LogP) is 5.55. The molecule has 0 radical (unpaired) electrons. The molecule has 1 aromatic heterocycles. The van der Waals surface area contributed by atoms with Gasteiger partial charge in [0.1, 0.15) is 10.6 Å². The lowest BCUT2D eigenvalue weighted by Crippen LogP contribution is -2.44. The average molecular weight is 397 g/mol. The molecule has 0 bridgehead atoms. The van der Waals surface area contributed by atoms with Gasteiger partial charge in [-0.2, -0.15) is 0 Å². The molecule has 0 spiro atoms. The van der Waals surface area contributed by atoms with Gasteiger partial charge in [0.15, 0.2) is 0 Å². The smallest absolute Gasteiger partial charge is 0.346 e. The molecule has 2 aliphatic heterocycles. The number of hydrogen-bond acceptors (Lipinski definition) is 5. The third kappa shape index (κ3) is 2.91. The van der Waals surface area contributed by atoms with Crippen LogP contribution in [0.1, 0.15) is 64.2 Å². The van der Waals surface area contributed by atoms with E-state index in [1.807, 2.05) is 24.5 Å². The molecule has 1 aromatic carbocycles. The Balaban J connectivity index is 2.04. The van der Waals surface area contributed by atoms with Crippen molar-refractivity contribution in [1.82, 2.24) is 0 Å². The first-order valence-corrected chi connectivity index (χ1v) is 10.8. The van der Waals surface area contributed by atoms with Crippen LogP contribution in [0.25, 0.3) is 11.0 Å². The molecule has 0 saturated carbocycles. The van der Waals surface area contributed by atoms with Crippen LogP contribution in [-0.2, 0) is 10.8 Å². The Morgan fingerprint density at radius 2 is 1.86 bits per heavy atom. The highest BCUT2D eigenvalue weighted by atomic mass is 32.2. The first-order chi connectivity index (χ1) is 13.2. The van der Waals surface area contributed by atoms with Crippen LogP contribution in [0.15, 0.2) is 32.8 Å². The molecule has 0 amide bonds. The number of rotatable bonds is 2. The van der Waals surface area contributed by atoms with E-state index in [1.165, 1.54) is 23.0 Å². The molecule has 3 heterocycles. The molecule has 5 heteroatoms. The number of fused-ring (bicyclic) bond motifs is 2. The molecule has 148 valence electrons. The maximum absolute atomic E-state index is 12.8. The number of allylic oxidation sites excluding steroid dienone is 1. The third-order valence-electron chi connectivity index (χ3n) is 6.30. The predicted molar refractivity (Wildman–Crippen MR) is 119 cm³/mol. The molecule has 4 nitrogen and oxygen atoms in total. The summed E-state index contributed by atoms with van der Waals surface area (Å²) in [5.41, 5.74) is 4.40. The summed E-state index contributed by atoms with van der Waals surface area (Å²) in [7, 11) is 0. The number of hydrogen-bond donors (Lipinski definition) is 1. The highest BCUT2D eigenvalue weighted by Crippen LogP contribution is 2.51. The van der Waals surface area contributed by atoms with E-state index in [4.69, 9.17) is 9.83 Å². The molecule has 28 heavy (non-hydrogen) atoms. The maximum Gasteiger partial charge on any atom is 0.346 e.